The molecule has 3 N–H and O–H groups in total. The topological polar surface area (TPSA) is 116 Å². The first kappa shape index (κ1) is 17.7. The fourth-order valence-electron chi connectivity index (χ4n) is 3.49. The first-order chi connectivity index (χ1) is 13.4. The van der Waals surface area contributed by atoms with Gasteiger partial charge in [0.15, 0.2) is 0 Å². The first-order valence-corrected chi connectivity index (χ1v) is 8.81. The first-order valence-electron chi connectivity index (χ1n) is 8.81. The van der Waals surface area contributed by atoms with Gasteiger partial charge in [-0.1, -0.05) is 12.1 Å². The highest BCUT2D eigenvalue weighted by Gasteiger charge is 2.39. The molecule has 0 aliphatic carbocycles. The van der Waals surface area contributed by atoms with Crippen LogP contribution in [0.3, 0.4) is 0 Å². The molecule has 0 radical (unpaired) electrons. The van der Waals surface area contributed by atoms with E-state index in [1.54, 1.807) is 30.3 Å². The summed E-state index contributed by atoms with van der Waals surface area (Å²) in [6, 6.07) is 10.4. The van der Waals surface area contributed by atoms with E-state index in [2.05, 4.69) is 10.6 Å². The minimum Gasteiger partial charge on any atom is -0.506 e. The number of phenols is 1. The van der Waals surface area contributed by atoms with Crippen LogP contribution in [0.5, 0.6) is 5.75 Å². The van der Waals surface area contributed by atoms with Crippen molar-refractivity contribution in [1.82, 2.24) is 10.2 Å². The van der Waals surface area contributed by atoms with Gasteiger partial charge in [-0.3, -0.25) is 24.5 Å². The molecule has 0 saturated carbocycles. The third kappa shape index (κ3) is 3.09. The Hall–Kier alpha value is -3.68. The molecule has 0 spiro atoms. The number of hydrogen-bond donors (Lipinski definition) is 3. The van der Waals surface area contributed by atoms with Crippen molar-refractivity contribution in [3.63, 3.8) is 0 Å². The number of nitrogens with one attached hydrogen (secondary N) is 2. The van der Waals surface area contributed by atoms with E-state index >= 15 is 0 Å². The molecule has 1 atom stereocenters. The molecular weight excluding hydrogens is 362 g/mol. The van der Waals surface area contributed by atoms with Crippen molar-refractivity contribution < 1.29 is 24.3 Å². The monoisotopic (exact) mass is 379 g/mol. The zero-order valence-electron chi connectivity index (χ0n) is 14.8. The second-order valence-corrected chi connectivity index (χ2v) is 6.74. The minimum absolute atomic E-state index is 0.0452. The molecule has 0 aromatic heterocycles. The third-order valence-corrected chi connectivity index (χ3v) is 4.94. The summed E-state index contributed by atoms with van der Waals surface area (Å²) in [5, 5.41) is 14.7. The predicted molar refractivity (Wildman–Crippen MR) is 98.5 cm³/mol. The number of benzene rings is 2. The lowest BCUT2D eigenvalue weighted by molar-refractivity contribution is -0.136. The van der Waals surface area contributed by atoms with E-state index in [1.807, 2.05) is 0 Å². The quantitative estimate of drug-likeness (QED) is 0.551. The highest BCUT2D eigenvalue weighted by molar-refractivity contribution is 6.08. The molecule has 1 saturated heterocycles. The van der Waals surface area contributed by atoms with Crippen molar-refractivity contribution >= 4 is 29.3 Å². The maximum absolute atomic E-state index is 12.7. The lowest BCUT2D eigenvalue weighted by Crippen LogP contribution is -2.52. The van der Waals surface area contributed by atoms with E-state index in [0.717, 1.165) is 0 Å². The predicted octanol–water partition coefficient (Wildman–Crippen LogP) is 1.41. The number of hydrogen-bond acceptors (Lipinski definition) is 5. The number of carbonyl (C=O) groups excluding carboxylic acids is 4. The molecule has 4 amide bonds. The van der Waals surface area contributed by atoms with Gasteiger partial charge in [-0.2, -0.15) is 0 Å². The standard InChI is InChI=1S/C20H17N3O5/c24-16-4-2-1-3-14(16)21-18(26)11-5-6-13-12(9-11)10-23(20(13)28)15-7-8-17(25)22-19(15)27/h1-6,9,15,24H,7-8,10H2,(H,21,26)(H,22,25,27). The molecule has 8 heteroatoms. The van der Waals surface area contributed by atoms with Gasteiger partial charge in [-0.25, -0.2) is 0 Å². The fraction of sp³-hybridized carbons (Fsp3) is 0.200. The average Bonchev–Trinajstić information content (AvgIpc) is 2.99. The molecule has 4 rings (SSSR count). The maximum Gasteiger partial charge on any atom is 0.255 e. The smallest absolute Gasteiger partial charge is 0.255 e. The Morgan fingerprint density at radius 2 is 1.93 bits per heavy atom. The van der Waals surface area contributed by atoms with Crippen molar-refractivity contribution in [3.8, 4) is 5.75 Å². The number of imide groups is 1. The van der Waals surface area contributed by atoms with Gasteiger partial charge in [-0.15, -0.1) is 0 Å². The van der Waals surface area contributed by atoms with Crippen LogP contribution < -0.4 is 10.6 Å². The molecule has 1 unspecified atom stereocenters. The largest absolute Gasteiger partial charge is 0.506 e. The zero-order chi connectivity index (χ0) is 19.8. The van der Waals surface area contributed by atoms with Gasteiger partial charge in [0.25, 0.3) is 11.8 Å². The Balaban J connectivity index is 1.54. The van der Waals surface area contributed by atoms with Gasteiger partial charge >= 0.3 is 0 Å². The highest BCUT2D eigenvalue weighted by atomic mass is 16.3. The molecule has 2 aromatic rings. The highest BCUT2D eigenvalue weighted by Crippen LogP contribution is 2.29. The second kappa shape index (κ2) is 6.80. The second-order valence-electron chi connectivity index (χ2n) is 6.74. The van der Waals surface area contributed by atoms with E-state index < -0.39 is 17.9 Å². The van der Waals surface area contributed by atoms with E-state index in [9.17, 15) is 24.3 Å². The number of anilines is 1. The molecule has 28 heavy (non-hydrogen) atoms. The average molecular weight is 379 g/mol. The van der Waals surface area contributed by atoms with E-state index in [1.165, 1.54) is 17.0 Å². The molecular formula is C20H17N3O5. The summed E-state index contributed by atoms with van der Waals surface area (Å²) in [7, 11) is 0. The number of phenolic OH excluding ortho intramolecular Hbond substituents is 1. The summed E-state index contributed by atoms with van der Waals surface area (Å²) < 4.78 is 0. The number of fused-ring (bicyclic) bond motifs is 1. The molecule has 8 nitrogen and oxygen atoms in total. The molecule has 2 heterocycles. The van der Waals surface area contributed by atoms with Crippen molar-refractivity contribution in [1.29, 1.82) is 0 Å². The van der Waals surface area contributed by atoms with Crippen LogP contribution in [0.25, 0.3) is 0 Å². The van der Waals surface area contributed by atoms with Crippen LogP contribution in [0.4, 0.5) is 5.69 Å². The molecule has 2 aliphatic heterocycles. The van der Waals surface area contributed by atoms with Crippen LogP contribution in [-0.4, -0.2) is 39.7 Å². The molecule has 2 aromatic carbocycles. The number of para-hydroxylation sites is 2. The van der Waals surface area contributed by atoms with Gasteiger partial charge in [0, 0.05) is 24.1 Å². The van der Waals surface area contributed by atoms with Gasteiger partial charge in [0.05, 0.1) is 5.69 Å². The van der Waals surface area contributed by atoms with Crippen molar-refractivity contribution in [3.05, 3.63) is 59.2 Å². The summed E-state index contributed by atoms with van der Waals surface area (Å²) in [6.07, 6.45) is 0.468. The van der Waals surface area contributed by atoms with Gasteiger partial charge in [0.1, 0.15) is 11.8 Å². The SMILES string of the molecule is O=C1CCC(N2Cc3cc(C(=O)Nc4ccccc4O)ccc3C2=O)C(=O)N1. The van der Waals surface area contributed by atoms with Gasteiger partial charge in [0.2, 0.25) is 11.8 Å². The summed E-state index contributed by atoms with van der Waals surface area (Å²) in [6.45, 7) is 0.193. The lowest BCUT2D eigenvalue weighted by atomic mass is 10.0. The number of piperidine rings is 1. The van der Waals surface area contributed by atoms with Gasteiger partial charge < -0.3 is 15.3 Å². The van der Waals surface area contributed by atoms with Crippen LogP contribution in [0.15, 0.2) is 42.5 Å². The third-order valence-electron chi connectivity index (χ3n) is 4.94. The summed E-state index contributed by atoms with van der Waals surface area (Å²) in [4.78, 5) is 50.0. The van der Waals surface area contributed by atoms with Crippen LogP contribution in [0.1, 0.15) is 39.1 Å². The lowest BCUT2D eigenvalue weighted by Gasteiger charge is -2.29. The Labute approximate surface area is 160 Å². The van der Waals surface area contributed by atoms with Crippen LogP contribution in [-0.2, 0) is 16.1 Å². The summed E-state index contributed by atoms with van der Waals surface area (Å²) >= 11 is 0. The maximum atomic E-state index is 12.7. The number of amides is 4. The van der Waals surface area contributed by atoms with E-state index in [0.29, 0.717) is 16.7 Å². The Bertz CT molecular complexity index is 1020. The van der Waals surface area contributed by atoms with Crippen molar-refractivity contribution in [2.24, 2.45) is 0 Å². The fourth-order valence-corrected chi connectivity index (χ4v) is 3.49. The van der Waals surface area contributed by atoms with Crippen LogP contribution in [0, 0.1) is 0 Å². The summed E-state index contributed by atoms with van der Waals surface area (Å²) in [5.41, 5.74) is 1.69. The Morgan fingerprint density at radius 3 is 2.68 bits per heavy atom. The summed E-state index contributed by atoms with van der Waals surface area (Å²) in [5.74, 6) is -1.58. The van der Waals surface area contributed by atoms with Crippen molar-refractivity contribution in [2.75, 3.05) is 5.32 Å². The number of nitrogens with zero attached hydrogens (tertiary/aromatic N) is 1. The number of aromatic hydroxyl groups is 1. The molecule has 142 valence electrons. The van der Waals surface area contributed by atoms with E-state index in [-0.39, 0.29) is 42.6 Å². The normalized spacial score (nSPS) is 18.6. The van der Waals surface area contributed by atoms with Crippen LogP contribution in [0.2, 0.25) is 0 Å². The Morgan fingerprint density at radius 1 is 1.14 bits per heavy atom. The molecule has 0 bridgehead atoms. The van der Waals surface area contributed by atoms with E-state index in [4.69, 9.17) is 0 Å². The molecule has 2 aliphatic rings. The van der Waals surface area contributed by atoms with Gasteiger partial charge in [-0.05, 0) is 42.3 Å². The molecule has 1 fully saturated rings. The van der Waals surface area contributed by atoms with Crippen LogP contribution >= 0.6 is 0 Å². The number of carbonyl (C=O) groups is 4. The Kier molecular flexibility index (Phi) is 4.31. The van der Waals surface area contributed by atoms with Crippen molar-refractivity contribution in [2.45, 2.75) is 25.4 Å². The zero-order valence-corrected chi connectivity index (χ0v) is 14.8. The number of rotatable bonds is 3. The minimum atomic E-state index is -0.698.